The molecule has 2 aromatic carbocycles. The highest BCUT2D eigenvalue weighted by Gasteiger charge is 2.33. The zero-order valence-corrected chi connectivity index (χ0v) is 16.2. The molecule has 27 heavy (non-hydrogen) atoms. The first kappa shape index (κ1) is 17.8. The van der Waals surface area contributed by atoms with Crippen molar-refractivity contribution >= 4 is 52.3 Å². The van der Waals surface area contributed by atoms with Crippen molar-refractivity contribution in [1.82, 2.24) is 9.47 Å². The Hall–Kier alpha value is -1.28. The summed E-state index contributed by atoms with van der Waals surface area (Å²) in [6.45, 7) is 4.61. The van der Waals surface area contributed by atoms with Crippen molar-refractivity contribution < 1.29 is 14.0 Å². The molecule has 0 saturated carbocycles. The Balaban J connectivity index is 1.57. The minimum absolute atomic E-state index is 0.0410. The van der Waals surface area contributed by atoms with Crippen molar-refractivity contribution in [2.45, 2.75) is 12.6 Å². The number of aromatic nitrogens is 1. The zero-order valence-electron chi connectivity index (χ0n) is 14.7. The van der Waals surface area contributed by atoms with Crippen LogP contribution in [0.4, 0.5) is 0 Å². The van der Waals surface area contributed by atoms with Crippen LogP contribution in [-0.2, 0) is 20.5 Å². The molecule has 1 atom stereocenters. The van der Waals surface area contributed by atoms with E-state index in [4.69, 9.17) is 37.2 Å². The molecule has 1 unspecified atom stereocenters. The fourth-order valence-corrected chi connectivity index (χ4v) is 4.36. The summed E-state index contributed by atoms with van der Waals surface area (Å²) in [4.78, 5) is 2.33. The van der Waals surface area contributed by atoms with Gasteiger partial charge < -0.3 is 18.5 Å². The second kappa shape index (κ2) is 7.28. The highest BCUT2D eigenvalue weighted by Crippen LogP contribution is 2.33. The summed E-state index contributed by atoms with van der Waals surface area (Å²) >= 11 is 12.5. The lowest BCUT2D eigenvalue weighted by molar-refractivity contribution is -0.0232. The Morgan fingerprint density at radius 2 is 1.52 bits per heavy atom. The standard InChI is InChI=1S/C19H19BCl2N2O3/c21-13-1-3-18-16(9-13)17-10-14(22)2-4-19(17)24(18)12-15-11-23-5-7-25-20(27-15)26-8-6-23/h1-4,9-10,15H,5-8,11-12H2. The molecule has 8 heteroatoms. The molecule has 6 rings (SSSR count). The van der Waals surface area contributed by atoms with Crippen molar-refractivity contribution in [2.24, 2.45) is 0 Å². The van der Waals surface area contributed by atoms with Gasteiger partial charge in [-0.2, -0.15) is 0 Å². The van der Waals surface area contributed by atoms with Crippen LogP contribution in [0.2, 0.25) is 10.0 Å². The van der Waals surface area contributed by atoms with Gasteiger partial charge in [-0.25, -0.2) is 0 Å². The van der Waals surface area contributed by atoms with Gasteiger partial charge in [0.05, 0.1) is 6.10 Å². The summed E-state index contributed by atoms with van der Waals surface area (Å²) < 4.78 is 19.8. The topological polar surface area (TPSA) is 35.9 Å². The number of fused-ring (bicyclic) bond motifs is 9. The average Bonchev–Trinajstić information content (AvgIpc) is 2.88. The lowest BCUT2D eigenvalue weighted by Crippen LogP contribution is -2.50. The van der Waals surface area contributed by atoms with Gasteiger partial charge in [-0.15, -0.1) is 0 Å². The van der Waals surface area contributed by atoms with Crippen LogP contribution in [-0.4, -0.2) is 55.7 Å². The molecular weight excluding hydrogens is 386 g/mol. The fraction of sp³-hybridized carbons (Fsp3) is 0.368. The molecule has 0 N–H and O–H groups in total. The highest BCUT2D eigenvalue weighted by molar-refractivity contribution is 6.36. The predicted molar refractivity (Wildman–Crippen MR) is 108 cm³/mol. The van der Waals surface area contributed by atoms with E-state index >= 15 is 0 Å². The van der Waals surface area contributed by atoms with Gasteiger partial charge in [0.25, 0.3) is 0 Å². The summed E-state index contributed by atoms with van der Waals surface area (Å²) in [5.74, 6) is 0. The molecule has 3 fully saturated rings. The maximum Gasteiger partial charge on any atom is 0.639 e. The third-order valence-corrected chi connectivity index (χ3v) is 5.73. The van der Waals surface area contributed by atoms with E-state index in [-0.39, 0.29) is 6.10 Å². The van der Waals surface area contributed by atoms with E-state index in [0.717, 1.165) is 41.4 Å². The average molecular weight is 405 g/mol. The van der Waals surface area contributed by atoms with Crippen molar-refractivity contribution in [2.75, 3.05) is 32.8 Å². The minimum atomic E-state index is -0.588. The maximum absolute atomic E-state index is 6.26. The maximum atomic E-state index is 6.26. The SMILES string of the molecule is Clc1ccc2c(c1)c1cc(Cl)ccc1n2CC1CN2CCOB(OCC2)O1. The first-order valence-corrected chi connectivity index (χ1v) is 9.91. The predicted octanol–water partition coefficient (Wildman–Crippen LogP) is 3.83. The zero-order chi connectivity index (χ0) is 18.4. The molecule has 2 bridgehead atoms. The van der Waals surface area contributed by atoms with Crippen molar-refractivity contribution in [3.8, 4) is 0 Å². The number of benzene rings is 2. The first-order valence-electron chi connectivity index (χ1n) is 9.15. The summed E-state index contributed by atoms with van der Waals surface area (Å²) in [6.07, 6.45) is -0.0410. The first-order chi connectivity index (χ1) is 13.2. The van der Waals surface area contributed by atoms with Crippen LogP contribution in [0.3, 0.4) is 0 Å². The molecule has 4 heterocycles. The second-order valence-electron chi connectivity index (χ2n) is 7.02. The molecule has 140 valence electrons. The normalized spacial score (nSPS) is 23.6. The van der Waals surface area contributed by atoms with Gasteiger partial charge in [-0.05, 0) is 36.4 Å². The third-order valence-electron chi connectivity index (χ3n) is 5.26. The Morgan fingerprint density at radius 1 is 0.926 bits per heavy atom. The summed E-state index contributed by atoms with van der Waals surface area (Å²) in [6, 6.07) is 11.9. The molecule has 5 nitrogen and oxygen atoms in total. The quantitative estimate of drug-likeness (QED) is 0.608. The minimum Gasteiger partial charge on any atom is -0.385 e. The Labute approximate surface area is 167 Å². The Morgan fingerprint density at radius 3 is 2.11 bits per heavy atom. The molecular formula is C19H19BCl2N2O3. The van der Waals surface area contributed by atoms with Crippen LogP contribution in [0.5, 0.6) is 0 Å². The smallest absolute Gasteiger partial charge is 0.385 e. The van der Waals surface area contributed by atoms with Crippen LogP contribution in [0.25, 0.3) is 21.8 Å². The molecule has 3 saturated heterocycles. The molecule has 0 aliphatic carbocycles. The van der Waals surface area contributed by atoms with Crippen LogP contribution in [0, 0.1) is 0 Å². The van der Waals surface area contributed by atoms with Gasteiger partial charge in [0, 0.05) is 71.2 Å². The Kier molecular flexibility index (Phi) is 4.80. The van der Waals surface area contributed by atoms with E-state index in [9.17, 15) is 0 Å². The van der Waals surface area contributed by atoms with Gasteiger partial charge in [0.15, 0.2) is 0 Å². The molecule has 3 aliphatic rings. The summed E-state index contributed by atoms with van der Waals surface area (Å²) in [7, 11) is -0.588. The van der Waals surface area contributed by atoms with Crippen LogP contribution in [0.1, 0.15) is 0 Å². The van der Waals surface area contributed by atoms with Gasteiger partial charge in [0.2, 0.25) is 0 Å². The van der Waals surface area contributed by atoms with E-state index in [1.165, 1.54) is 0 Å². The van der Waals surface area contributed by atoms with Crippen molar-refractivity contribution in [1.29, 1.82) is 0 Å². The van der Waals surface area contributed by atoms with Gasteiger partial charge in [0.1, 0.15) is 0 Å². The van der Waals surface area contributed by atoms with Crippen LogP contribution < -0.4 is 0 Å². The third kappa shape index (κ3) is 3.46. The van der Waals surface area contributed by atoms with E-state index in [0.29, 0.717) is 29.8 Å². The molecule has 3 aliphatic heterocycles. The molecule has 0 radical (unpaired) electrons. The number of hydrogen-bond acceptors (Lipinski definition) is 4. The Bertz CT molecular complexity index is 913. The van der Waals surface area contributed by atoms with E-state index < -0.39 is 7.32 Å². The van der Waals surface area contributed by atoms with Gasteiger partial charge in [-0.3, -0.25) is 4.90 Å². The number of nitrogens with zero attached hydrogens (tertiary/aromatic N) is 2. The van der Waals surface area contributed by atoms with Gasteiger partial charge in [-0.1, -0.05) is 23.2 Å². The molecule has 0 spiro atoms. The van der Waals surface area contributed by atoms with E-state index in [1.807, 2.05) is 24.3 Å². The molecule has 1 aromatic heterocycles. The number of halogens is 2. The van der Waals surface area contributed by atoms with E-state index in [1.54, 1.807) is 0 Å². The summed E-state index contributed by atoms with van der Waals surface area (Å²) in [5, 5.41) is 3.62. The van der Waals surface area contributed by atoms with Crippen molar-refractivity contribution in [3.63, 3.8) is 0 Å². The summed E-state index contributed by atoms with van der Waals surface area (Å²) in [5.41, 5.74) is 2.23. The van der Waals surface area contributed by atoms with E-state index in [2.05, 4.69) is 21.6 Å². The van der Waals surface area contributed by atoms with Gasteiger partial charge >= 0.3 is 7.32 Å². The van der Waals surface area contributed by atoms with Crippen LogP contribution in [0.15, 0.2) is 36.4 Å². The second-order valence-corrected chi connectivity index (χ2v) is 7.90. The monoisotopic (exact) mass is 404 g/mol. The van der Waals surface area contributed by atoms with Crippen LogP contribution >= 0.6 is 23.2 Å². The molecule has 3 aromatic rings. The largest absolute Gasteiger partial charge is 0.639 e. The lowest BCUT2D eigenvalue weighted by Gasteiger charge is -2.35. The fourth-order valence-electron chi connectivity index (χ4n) is 4.01. The molecule has 0 amide bonds. The number of rotatable bonds is 2. The highest BCUT2D eigenvalue weighted by atomic mass is 35.5. The number of hydrogen-bond donors (Lipinski definition) is 0. The van der Waals surface area contributed by atoms with Crippen molar-refractivity contribution in [3.05, 3.63) is 46.4 Å². The lowest BCUT2D eigenvalue weighted by atomic mass is 10.1.